The van der Waals surface area contributed by atoms with Crippen LogP contribution in [-0.2, 0) is 19.0 Å². The number of carbonyl (C=O) groups excluding carboxylic acids is 1. The Kier molecular flexibility index (Phi) is 8.37. The predicted octanol–water partition coefficient (Wildman–Crippen LogP) is 5.18. The molecule has 2 unspecified atom stereocenters. The van der Waals surface area contributed by atoms with Gasteiger partial charge in [0.05, 0.1) is 11.0 Å². The number of benzene rings is 1. The highest BCUT2D eigenvalue weighted by molar-refractivity contribution is 7.86. The molecule has 1 aromatic rings. The maximum atomic E-state index is 13.0. The standard InChI is InChI=1S/C28H44N2O5S/c1-20-8-10-24(11-9-20)36(32,33)35-25-22-14-21-15-23(25)18-28(16-21,17-22)19-29-12-6-5-7-13-30-26(31)34-27(2,3)4/h8-11,21-23,25,29H,5-7,12-19H2,1-4H3,(H,30,31). The first kappa shape index (κ1) is 27.4. The van der Waals surface area contributed by atoms with Gasteiger partial charge < -0.3 is 15.4 Å². The SMILES string of the molecule is Cc1ccc(S(=O)(=O)OC2C3CC4CC2CC(CNCCCCCNC(=O)OC(C)(C)C)(C4)C3)cc1. The van der Waals surface area contributed by atoms with Gasteiger partial charge in [-0.1, -0.05) is 24.1 Å². The topological polar surface area (TPSA) is 93.7 Å². The number of unbranched alkanes of at least 4 members (excludes halogenated alkanes) is 2. The summed E-state index contributed by atoms with van der Waals surface area (Å²) in [7, 11) is -3.74. The molecule has 2 N–H and O–H groups in total. The number of hydrogen-bond donors (Lipinski definition) is 2. The molecule has 0 aromatic heterocycles. The van der Waals surface area contributed by atoms with Crippen LogP contribution in [0.4, 0.5) is 4.79 Å². The monoisotopic (exact) mass is 520 g/mol. The lowest BCUT2D eigenvalue weighted by atomic mass is 9.48. The molecule has 4 aliphatic rings. The highest BCUT2D eigenvalue weighted by Crippen LogP contribution is 2.60. The maximum Gasteiger partial charge on any atom is 0.407 e. The lowest BCUT2D eigenvalue weighted by Crippen LogP contribution is -2.57. The van der Waals surface area contributed by atoms with Gasteiger partial charge in [-0.15, -0.1) is 0 Å². The predicted molar refractivity (Wildman–Crippen MR) is 140 cm³/mol. The van der Waals surface area contributed by atoms with Crippen molar-refractivity contribution < 1.29 is 22.1 Å². The van der Waals surface area contributed by atoms with E-state index in [1.807, 2.05) is 39.8 Å². The number of rotatable bonds is 11. The maximum absolute atomic E-state index is 13.0. The molecule has 1 amide bonds. The zero-order valence-corrected chi connectivity index (χ0v) is 23.2. The zero-order valence-electron chi connectivity index (χ0n) is 22.3. The lowest BCUT2D eigenvalue weighted by Gasteiger charge is -2.59. The summed E-state index contributed by atoms with van der Waals surface area (Å²) in [6.07, 6.45) is 8.08. The number of nitrogens with one attached hydrogen (secondary N) is 2. The van der Waals surface area contributed by atoms with Crippen LogP contribution in [-0.4, -0.2) is 45.9 Å². The molecule has 4 saturated carbocycles. The van der Waals surface area contributed by atoms with Crippen LogP contribution in [0, 0.1) is 30.1 Å². The molecule has 0 radical (unpaired) electrons. The molecule has 2 atom stereocenters. The first-order chi connectivity index (χ1) is 16.9. The summed E-state index contributed by atoms with van der Waals surface area (Å²) < 4.78 is 37.1. The van der Waals surface area contributed by atoms with Gasteiger partial charge in [0, 0.05) is 13.1 Å². The molecule has 0 saturated heterocycles. The van der Waals surface area contributed by atoms with Crippen molar-refractivity contribution in [1.82, 2.24) is 10.6 Å². The molecule has 0 spiro atoms. The molecule has 36 heavy (non-hydrogen) atoms. The van der Waals surface area contributed by atoms with Crippen molar-refractivity contribution in [2.45, 2.75) is 95.7 Å². The van der Waals surface area contributed by atoms with E-state index in [4.69, 9.17) is 8.92 Å². The summed E-state index contributed by atoms with van der Waals surface area (Å²) in [5.41, 5.74) is 0.852. The minimum Gasteiger partial charge on any atom is -0.444 e. The molecule has 0 aliphatic heterocycles. The van der Waals surface area contributed by atoms with Gasteiger partial charge in [-0.25, -0.2) is 4.79 Å². The summed E-state index contributed by atoms with van der Waals surface area (Å²) in [5.74, 6) is 1.36. The third-order valence-corrected chi connectivity index (χ3v) is 9.38. The molecule has 4 fully saturated rings. The third-order valence-electron chi connectivity index (χ3n) is 8.06. The van der Waals surface area contributed by atoms with Crippen molar-refractivity contribution in [2.75, 3.05) is 19.6 Å². The smallest absolute Gasteiger partial charge is 0.407 e. The van der Waals surface area contributed by atoms with Crippen molar-refractivity contribution in [3.05, 3.63) is 29.8 Å². The molecule has 5 rings (SSSR count). The number of amides is 1. The van der Waals surface area contributed by atoms with Gasteiger partial charge in [0.1, 0.15) is 5.60 Å². The van der Waals surface area contributed by atoms with Crippen molar-refractivity contribution in [1.29, 1.82) is 0 Å². The van der Waals surface area contributed by atoms with Crippen LogP contribution in [0.15, 0.2) is 29.2 Å². The molecular formula is C28H44N2O5S. The Morgan fingerprint density at radius 2 is 1.64 bits per heavy atom. The summed E-state index contributed by atoms with van der Waals surface area (Å²) in [6, 6.07) is 6.95. The fourth-order valence-corrected chi connectivity index (χ4v) is 8.02. The Hall–Kier alpha value is -1.64. The number of alkyl carbamates (subject to hydrolysis) is 1. The van der Waals surface area contributed by atoms with Gasteiger partial charge in [0.25, 0.3) is 10.1 Å². The van der Waals surface area contributed by atoms with E-state index in [0.29, 0.717) is 24.3 Å². The van der Waals surface area contributed by atoms with Crippen molar-refractivity contribution in [3.63, 3.8) is 0 Å². The normalized spacial score (nSPS) is 29.3. The number of ether oxygens (including phenoxy) is 1. The molecular weight excluding hydrogens is 476 g/mol. The second kappa shape index (κ2) is 11.0. The van der Waals surface area contributed by atoms with Gasteiger partial charge in [-0.3, -0.25) is 4.18 Å². The van der Waals surface area contributed by atoms with E-state index in [-0.39, 0.29) is 22.5 Å². The molecule has 0 heterocycles. The molecule has 4 aliphatic carbocycles. The van der Waals surface area contributed by atoms with E-state index < -0.39 is 15.7 Å². The van der Waals surface area contributed by atoms with E-state index in [9.17, 15) is 13.2 Å². The van der Waals surface area contributed by atoms with Crippen molar-refractivity contribution in [2.24, 2.45) is 23.2 Å². The fourth-order valence-electron chi connectivity index (χ4n) is 6.84. The quantitative estimate of drug-likeness (QED) is 0.308. The minimum absolute atomic E-state index is 0.182. The van der Waals surface area contributed by atoms with Crippen LogP contribution < -0.4 is 10.6 Å². The second-order valence-electron chi connectivity index (χ2n) is 12.5. The highest BCUT2D eigenvalue weighted by Gasteiger charge is 2.56. The van der Waals surface area contributed by atoms with Gasteiger partial charge in [-0.2, -0.15) is 8.42 Å². The second-order valence-corrected chi connectivity index (χ2v) is 14.0. The third kappa shape index (κ3) is 7.01. The molecule has 4 bridgehead atoms. The molecule has 8 heteroatoms. The Balaban J connectivity index is 1.19. The average molecular weight is 521 g/mol. The average Bonchev–Trinajstić information content (AvgIpc) is 2.77. The number of hydrogen-bond acceptors (Lipinski definition) is 6. The summed E-state index contributed by atoms with van der Waals surface area (Å²) in [4.78, 5) is 12.0. The first-order valence-electron chi connectivity index (χ1n) is 13.6. The van der Waals surface area contributed by atoms with Crippen LogP contribution in [0.1, 0.15) is 77.7 Å². The highest BCUT2D eigenvalue weighted by atomic mass is 32.2. The first-order valence-corrected chi connectivity index (χ1v) is 15.0. The zero-order chi connectivity index (χ0) is 26.0. The van der Waals surface area contributed by atoms with E-state index >= 15 is 0 Å². The fraction of sp³-hybridized carbons (Fsp3) is 0.750. The van der Waals surface area contributed by atoms with Gasteiger partial charge in [-0.05, 0) is 114 Å². The molecule has 202 valence electrons. The van der Waals surface area contributed by atoms with Crippen LogP contribution in [0.3, 0.4) is 0 Å². The summed E-state index contributed by atoms with van der Waals surface area (Å²) in [5, 5.41) is 6.51. The van der Waals surface area contributed by atoms with E-state index in [2.05, 4.69) is 10.6 Å². The van der Waals surface area contributed by atoms with Crippen LogP contribution in [0.2, 0.25) is 0 Å². The lowest BCUT2D eigenvalue weighted by molar-refractivity contribution is -0.121. The van der Waals surface area contributed by atoms with Gasteiger partial charge >= 0.3 is 6.09 Å². The largest absolute Gasteiger partial charge is 0.444 e. The number of aryl methyl sites for hydroxylation is 1. The summed E-state index contributed by atoms with van der Waals surface area (Å²) in [6.45, 7) is 10.1. The van der Waals surface area contributed by atoms with Crippen molar-refractivity contribution >= 4 is 16.2 Å². The Morgan fingerprint density at radius 1 is 1.00 bits per heavy atom. The van der Waals surface area contributed by atoms with Crippen molar-refractivity contribution in [3.8, 4) is 0 Å². The van der Waals surface area contributed by atoms with Crippen LogP contribution in [0.5, 0.6) is 0 Å². The Bertz CT molecular complexity index is 986. The molecule has 1 aromatic carbocycles. The molecule has 7 nitrogen and oxygen atoms in total. The number of carbonyl (C=O) groups is 1. The Labute approximate surface area is 217 Å². The minimum atomic E-state index is -3.74. The van der Waals surface area contributed by atoms with E-state index in [1.54, 1.807) is 12.1 Å². The van der Waals surface area contributed by atoms with E-state index in [1.165, 1.54) is 6.42 Å². The van der Waals surface area contributed by atoms with Crippen LogP contribution in [0.25, 0.3) is 0 Å². The van der Waals surface area contributed by atoms with Crippen LogP contribution >= 0.6 is 0 Å². The Morgan fingerprint density at radius 3 is 2.28 bits per heavy atom. The summed E-state index contributed by atoms with van der Waals surface area (Å²) >= 11 is 0. The van der Waals surface area contributed by atoms with E-state index in [0.717, 1.165) is 63.6 Å². The van der Waals surface area contributed by atoms with Gasteiger partial charge in [0.15, 0.2) is 0 Å². The van der Waals surface area contributed by atoms with Gasteiger partial charge in [0.2, 0.25) is 0 Å².